The molecule has 1 aliphatic heterocycles. The SMILES string of the molecule is O=C(Nc1ccc(C2CNCCO2)nc1)c1ccc(C(F)(F)F)cc1. The van der Waals surface area contributed by atoms with E-state index in [9.17, 15) is 18.0 Å². The van der Waals surface area contributed by atoms with Crippen LogP contribution in [0.5, 0.6) is 0 Å². The highest BCUT2D eigenvalue weighted by atomic mass is 19.4. The van der Waals surface area contributed by atoms with E-state index in [0.29, 0.717) is 18.8 Å². The third-order valence-electron chi connectivity index (χ3n) is 3.78. The Balaban J connectivity index is 1.64. The molecule has 0 bridgehead atoms. The number of hydrogen-bond acceptors (Lipinski definition) is 4. The highest BCUT2D eigenvalue weighted by Gasteiger charge is 2.30. The van der Waals surface area contributed by atoms with Gasteiger partial charge >= 0.3 is 6.18 Å². The van der Waals surface area contributed by atoms with Crippen LogP contribution in [0.4, 0.5) is 18.9 Å². The Morgan fingerprint density at radius 2 is 1.96 bits per heavy atom. The lowest BCUT2D eigenvalue weighted by molar-refractivity contribution is -0.137. The summed E-state index contributed by atoms with van der Waals surface area (Å²) in [5.74, 6) is -0.501. The molecular weight excluding hydrogens is 335 g/mol. The molecule has 3 rings (SSSR count). The van der Waals surface area contributed by atoms with Crippen LogP contribution >= 0.6 is 0 Å². The Hall–Kier alpha value is -2.45. The number of carbonyl (C=O) groups excluding carboxylic acids is 1. The number of nitrogens with zero attached hydrogens (tertiary/aromatic N) is 1. The Labute approximate surface area is 142 Å². The summed E-state index contributed by atoms with van der Waals surface area (Å²) < 4.78 is 43.2. The molecule has 132 valence electrons. The molecule has 0 aliphatic carbocycles. The van der Waals surface area contributed by atoms with Crippen LogP contribution in [-0.2, 0) is 10.9 Å². The van der Waals surface area contributed by atoms with Gasteiger partial charge in [-0.3, -0.25) is 9.78 Å². The number of aromatic nitrogens is 1. The molecule has 2 N–H and O–H groups in total. The number of halogens is 3. The van der Waals surface area contributed by atoms with Gasteiger partial charge in [0.25, 0.3) is 5.91 Å². The van der Waals surface area contributed by atoms with Crippen molar-refractivity contribution in [2.75, 3.05) is 25.0 Å². The van der Waals surface area contributed by atoms with E-state index in [1.807, 2.05) is 0 Å². The van der Waals surface area contributed by atoms with Crippen molar-refractivity contribution >= 4 is 11.6 Å². The normalized spacial score (nSPS) is 18.0. The average Bonchev–Trinajstić information content (AvgIpc) is 2.62. The van der Waals surface area contributed by atoms with Crippen molar-refractivity contribution in [3.05, 3.63) is 59.4 Å². The van der Waals surface area contributed by atoms with Crippen molar-refractivity contribution in [1.82, 2.24) is 10.3 Å². The van der Waals surface area contributed by atoms with Gasteiger partial charge in [0.1, 0.15) is 6.10 Å². The van der Waals surface area contributed by atoms with E-state index in [-0.39, 0.29) is 11.7 Å². The molecular formula is C17H16F3N3O2. The lowest BCUT2D eigenvalue weighted by atomic mass is 10.1. The topological polar surface area (TPSA) is 63.2 Å². The summed E-state index contributed by atoms with van der Waals surface area (Å²) in [6.07, 6.45) is -3.06. The summed E-state index contributed by atoms with van der Waals surface area (Å²) in [6, 6.07) is 7.47. The molecule has 1 atom stereocenters. The zero-order valence-electron chi connectivity index (χ0n) is 13.1. The number of amides is 1. The molecule has 1 unspecified atom stereocenters. The number of pyridine rings is 1. The Bertz CT molecular complexity index is 724. The molecule has 0 spiro atoms. The van der Waals surface area contributed by atoms with Crippen molar-refractivity contribution < 1.29 is 22.7 Å². The van der Waals surface area contributed by atoms with Crippen LogP contribution in [0.2, 0.25) is 0 Å². The van der Waals surface area contributed by atoms with Gasteiger partial charge in [0.05, 0.1) is 29.7 Å². The van der Waals surface area contributed by atoms with Gasteiger partial charge in [-0.05, 0) is 36.4 Å². The minimum absolute atomic E-state index is 0.131. The second-order valence-corrected chi connectivity index (χ2v) is 5.56. The summed E-state index contributed by atoms with van der Waals surface area (Å²) >= 11 is 0. The zero-order chi connectivity index (χ0) is 17.9. The fourth-order valence-corrected chi connectivity index (χ4v) is 2.44. The number of carbonyl (C=O) groups is 1. The predicted molar refractivity (Wildman–Crippen MR) is 85.2 cm³/mol. The van der Waals surface area contributed by atoms with Crippen molar-refractivity contribution in [3.8, 4) is 0 Å². The number of ether oxygens (including phenoxy) is 1. The molecule has 1 amide bonds. The van der Waals surface area contributed by atoms with Gasteiger partial charge in [0, 0.05) is 18.7 Å². The summed E-state index contributed by atoms with van der Waals surface area (Å²) in [7, 11) is 0. The third kappa shape index (κ3) is 4.34. The number of alkyl halides is 3. The summed E-state index contributed by atoms with van der Waals surface area (Å²) in [5.41, 5.74) is 0.546. The molecule has 5 nitrogen and oxygen atoms in total. The van der Waals surface area contributed by atoms with Crippen LogP contribution in [0.15, 0.2) is 42.6 Å². The minimum atomic E-state index is -4.43. The zero-order valence-corrected chi connectivity index (χ0v) is 13.1. The van der Waals surface area contributed by atoms with Crippen molar-refractivity contribution in [2.24, 2.45) is 0 Å². The molecule has 1 fully saturated rings. The monoisotopic (exact) mass is 351 g/mol. The quantitative estimate of drug-likeness (QED) is 0.892. The number of nitrogens with one attached hydrogen (secondary N) is 2. The largest absolute Gasteiger partial charge is 0.416 e. The van der Waals surface area contributed by atoms with Crippen molar-refractivity contribution in [3.63, 3.8) is 0 Å². The molecule has 0 radical (unpaired) electrons. The van der Waals surface area contributed by atoms with Crippen LogP contribution < -0.4 is 10.6 Å². The summed E-state index contributed by atoms with van der Waals surface area (Å²) in [6.45, 7) is 2.08. The lowest BCUT2D eigenvalue weighted by Gasteiger charge is -2.23. The van der Waals surface area contributed by atoms with E-state index in [1.54, 1.807) is 12.1 Å². The second-order valence-electron chi connectivity index (χ2n) is 5.56. The van der Waals surface area contributed by atoms with E-state index < -0.39 is 17.6 Å². The van der Waals surface area contributed by atoms with Gasteiger partial charge in [0.2, 0.25) is 0 Å². The first-order valence-electron chi connectivity index (χ1n) is 7.70. The van der Waals surface area contributed by atoms with E-state index in [1.165, 1.54) is 6.20 Å². The number of morpholine rings is 1. The second kappa shape index (κ2) is 7.20. The molecule has 25 heavy (non-hydrogen) atoms. The van der Waals surface area contributed by atoms with Crippen LogP contribution in [-0.4, -0.2) is 30.6 Å². The van der Waals surface area contributed by atoms with Crippen LogP contribution in [0.1, 0.15) is 27.7 Å². The molecule has 1 aliphatic rings. The first-order valence-corrected chi connectivity index (χ1v) is 7.70. The van der Waals surface area contributed by atoms with Gasteiger partial charge in [-0.25, -0.2) is 0 Å². The number of benzene rings is 1. The highest BCUT2D eigenvalue weighted by molar-refractivity contribution is 6.04. The van der Waals surface area contributed by atoms with Crippen LogP contribution in [0.3, 0.4) is 0 Å². The fraction of sp³-hybridized carbons (Fsp3) is 0.294. The van der Waals surface area contributed by atoms with Gasteiger partial charge in [-0.1, -0.05) is 0 Å². The maximum Gasteiger partial charge on any atom is 0.416 e. The van der Waals surface area contributed by atoms with Crippen molar-refractivity contribution in [1.29, 1.82) is 0 Å². The molecule has 8 heteroatoms. The maximum atomic E-state index is 12.5. The van der Waals surface area contributed by atoms with Gasteiger partial charge in [-0.2, -0.15) is 13.2 Å². The minimum Gasteiger partial charge on any atom is -0.369 e. The van der Waals surface area contributed by atoms with Crippen LogP contribution in [0, 0.1) is 0 Å². The maximum absolute atomic E-state index is 12.5. The number of rotatable bonds is 3. The van der Waals surface area contributed by atoms with Crippen LogP contribution in [0.25, 0.3) is 0 Å². The first-order chi connectivity index (χ1) is 11.9. The fourth-order valence-electron chi connectivity index (χ4n) is 2.44. The van der Waals surface area contributed by atoms with E-state index in [0.717, 1.165) is 36.5 Å². The standard InChI is InChI=1S/C17H16F3N3O2/c18-17(19,20)12-3-1-11(2-4-12)16(24)23-13-5-6-14(22-9-13)15-10-21-7-8-25-15/h1-6,9,15,21H,7-8,10H2,(H,23,24). The van der Waals surface area contributed by atoms with E-state index in [2.05, 4.69) is 15.6 Å². The molecule has 2 heterocycles. The molecule has 1 saturated heterocycles. The Morgan fingerprint density at radius 1 is 1.20 bits per heavy atom. The molecule has 0 saturated carbocycles. The lowest BCUT2D eigenvalue weighted by Crippen LogP contribution is -2.33. The molecule has 1 aromatic heterocycles. The van der Waals surface area contributed by atoms with Gasteiger partial charge in [0.15, 0.2) is 0 Å². The average molecular weight is 351 g/mol. The van der Waals surface area contributed by atoms with E-state index >= 15 is 0 Å². The molecule has 1 aromatic carbocycles. The van der Waals surface area contributed by atoms with Gasteiger partial charge < -0.3 is 15.4 Å². The van der Waals surface area contributed by atoms with Gasteiger partial charge in [-0.15, -0.1) is 0 Å². The summed E-state index contributed by atoms with van der Waals surface area (Å²) in [5, 5.41) is 5.81. The Kier molecular flexibility index (Phi) is 5.00. The number of hydrogen-bond donors (Lipinski definition) is 2. The smallest absolute Gasteiger partial charge is 0.369 e. The van der Waals surface area contributed by atoms with E-state index in [4.69, 9.17) is 4.74 Å². The Morgan fingerprint density at radius 3 is 2.52 bits per heavy atom. The highest BCUT2D eigenvalue weighted by Crippen LogP contribution is 2.29. The predicted octanol–water partition coefficient (Wildman–Crippen LogP) is 3.01. The third-order valence-corrected chi connectivity index (χ3v) is 3.78. The number of anilines is 1. The van der Waals surface area contributed by atoms with Crippen molar-refractivity contribution in [2.45, 2.75) is 12.3 Å². The molecule has 2 aromatic rings. The first kappa shape index (κ1) is 17.4. The summed E-state index contributed by atoms with van der Waals surface area (Å²) in [4.78, 5) is 16.4.